The van der Waals surface area contributed by atoms with Crippen LogP contribution in [0.5, 0.6) is 0 Å². The number of nitrogens with one attached hydrogen (secondary N) is 1. The normalized spacial score (nSPS) is 17.5. The second-order valence-electron chi connectivity index (χ2n) is 7.77. The Morgan fingerprint density at radius 1 is 1.17 bits per heavy atom. The van der Waals surface area contributed by atoms with Crippen molar-refractivity contribution in [2.45, 2.75) is 32.8 Å². The van der Waals surface area contributed by atoms with Gasteiger partial charge in [-0.1, -0.05) is 11.6 Å². The minimum absolute atomic E-state index is 0.0181. The zero-order valence-electron chi connectivity index (χ0n) is 16.7. The smallest absolute Gasteiger partial charge is 0.429 e. The Morgan fingerprint density at radius 3 is 2.55 bits per heavy atom. The van der Waals surface area contributed by atoms with Crippen molar-refractivity contribution in [1.82, 2.24) is 10.0 Å². The Morgan fingerprint density at radius 2 is 1.90 bits per heavy atom. The molecule has 1 aromatic carbocycles. The lowest BCUT2D eigenvalue weighted by atomic mass is 10.2. The molecular weight excluding hydrogens is 400 g/mol. The highest BCUT2D eigenvalue weighted by molar-refractivity contribution is 6.34. The Bertz CT molecular complexity index is 810. The van der Waals surface area contributed by atoms with Crippen LogP contribution in [-0.4, -0.2) is 66.5 Å². The SMILES string of the molecule is CC(C)(C)OC(=O)N1CCCN1C(=O)Nc1ccc(N2CCOCC2=O)c(Cl)c1. The van der Waals surface area contributed by atoms with Gasteiger partial charge in [-0.25, -0.2) is 19.6 Å². The maximum absolute atomic E-state index is 12.7. The van der Waals surface area contributed by atoms with Crippen molar-refractivity contribution >= 4 is 41.0 Å². The molecule has 4 amide bonds. The van der Waals surface area contributed by atoms with Crippen LogP contribution in [-0.2, 0) is 14.3 Å². The number of rotatable bonds is 2. The van der Waals surface area contributed by atoms with Crippen LogP contribution in [0.2, 0.25) is 5.02 Å². The Labute approximate surface area is 174 Å². The van der Waals surface area contributed by atoms with Crippen LogP contribution in [0.4, 0.5) is 21.0 Å². The quantitative estimate of drug-likeness (QED) is 0.787. The first kappa shape index (κ1) is 21.2. The molecule has 1 aromatic rings. The Kier molecular flexibility index (Phi) is 6.18. The van der Waals surface area contributed by atoms with E-state index in [4.69, 9.17) is 21.1 Å². The molecule has 3 rings (SSSR count). The first-order chi connectivity index (χ1) is 13.7. The van der Waals surface area contributed by atoms with Gasteiger partial charge in [0.05, 0.1) is 17.3 Å². The fraction of sp³-hybridized carbons (Fsp3) is 0.526. The molecule has 0 radical (unpaired) electrons. The number of halogens is 1. The van der Waals surface area contributed by atoms with Gasteiger partial charge in [-0.15, -0.1) is 0 Å². The highest BCUT2D eigenvalue weighted by atomic mass is 35.5. The van der Waals surface area contributed by atoms with E-state index in [2.05, 4.69) is 5.32 Å². The predicted octanol–water partition coefficient (Wildman–Crippen LogP) is 3.09. The van der Waals surface area contributed by atoms with Gasteiger partial charge in [0.1, 0.15) is 12.2 Å². The first-order valence-corrected chi connectivity index (χ1v) is 9.80. The molecule has 1 N–H and O–H groups in total. The summed E-state index contributed by atoms with van der Waals surface area (Å²) < 4.78 is 10.5. The van der Waals surface area contributed by atoms with Gasteiger partial charge < -0.3 is 19.7 Å². The number of benzene rings is 1. The molecule has 2 heterocycles. The van der Waals surface area contributed by atoms with Crippen molar-refractivity contribution in [1.29, 1.82) is 0 Å². The number of nitrogens with zero attached hydrogens (tertiary/aromatic N) is 3. The van der Waals surface area contributed by atoms with Crippen LogP contribution in [0.3, 0.4) is 0 Å². The first-order valence-electron chi connectivity index (χ1n) is 9.42. The second kappa shape index (κ2) is 8.46. The van der Waals surface area contributed by atoms with Crippen LogP contribution in [0.1, 0.15) is 27.2 Å². The summed E-state index contributed by atoms with van der Waals surface area (Å²) in [6.07, 6.45) is 0.0928. The van der Waals surface area contributed by atoms with Crippen molar-refractivity contribution in [3.63, 3.8) is 0 Å². The summed E-state index contributed by atoms with van der Waals surface area (Å²) in [5.74, 6) is -0.167. The highest BCUT2D eigenvalue weighted by Gasteiger charge is 2.34. The molecule has 2 saturated heterocycles. The number of amides is 4. The van der Waals surface area contributed by atoms with Crippen molar-refractivity contribution < 1.29 is 23.9 Å². The van der Waals surface area contributed by atoms with Gasteiger partial charge >= 0.3 is 12.1 Å². The van der Waals surface area contributed by atoms with E-state index in [9.17, 15) is 14.4 Å². The van der Waals surface area contributed by atoms with E-state index in [1.54, 1.807) is 43.9 Å². The Balaban J connectivity index is 1.68. The van der Waals surface area contributed by atoms with Gasteiger partial charge in [0.2, 0.25) is 0 Å². The maximum Gasteiger partial charge on any atom is 0.429 e. The topological polar surface area (TPSA) is 91.4 Å². The van der Waals surface area contributed by atoms with Crippen LogP contribution in [0.15, 0.2) is 18.2 Å². The van der Waals surface area contributed by atoms with E-state index in [0.29, 0.717) is 49.1 Å². The number of carbonyl (C=O) groups excluding carboxylic acids is 3. The fourth-order valence-corrected chi connectivity index (χ4v) is 3.37. The standard InChI is InChI=1S/C19H25ClN4O5/c1-19(2,3)29-18(27)24-8-4-7-23(24)17(26)21-13-5-6-15(14(20)11-13)22-9-10-28-12-16(22)25/h5-6,11H,4,7-10,12H2,1-3H3,(H,21,26). The molecule has 0 bridgehead atoms. The van der Waals surface area contributed by atoms with E-state index < -0.39 is 17.7 Å². The number of urea groups is 1. The second-order valence-corrected chi connectivity index (χ2v) is 8.18. The van der Waals surface area contributed by atoms with E-state index in [1.165, 1.54) is 10.0 Å². The third-order valence-electron chi connectivity index (χ3n) is 4.35. The number of hydrogen-bond acceptors (Lipinski definition) is 5. The van der Waals surface area contributed by atoms with E-state index in [0.717, 1.165) is 0 Å². The van der Waals surface area contributed by atoms with E-state index >= 15 is 0 Å². The molecular formula is C19H25ClN4O5. The van der Waals surface area contributed by atoms with Crippen LogP contribution in [0, 0.1) is 0 Å². The van der Waals surface area contributed by atoms with Gasteiger partial charge in [-0.3, -0.25) is 4.79 Å². The summed E-state index contributed by atoms with van der Waals surface area (Å²) in [5.41, 5.74) is 0.372. The third-order valence-corrected chi connectivity index (χ3v) is 4.65. The number of hydrazine groups is 1. The summed E-state index contributed by atoms with van der Waals surface area (Å²) in [6, 6.07) is 4.46. The lowest BCUT2D eigenvalue weighted by Crippen LogP contribution is -2.48. The monoisotopic (exact) mass is 424 g/mol. The summed E-state index contributed by atoms with van der Waals surface area (Å²) in [4.78, 5) is 38.6. The summed E-state index contributed by atoms with van der Waals surface area (Å²) in [7, 11) is 0. The molecule has 9 nitrogen and oxygen atoms in total. The molecule has 0 atom stereocenters. The molecule has 0 unspecified atom stereocenters. The minimum atomic E-state index is -0.651. The van der Waals surface area contributed by atoms with Gasteiger partial charge in [0.25, 0.3) is 5.91 Å². The third kappa shape index (κ3) is 5.10. The van der Waals surface area contributed by atoms with E-state index in [1.807, 2.05) is 0 Å². The minimum Gasteiger partial charge on any atom is -0.442 e. The zero-order chi connectivity index (χ0) is 21.2. The fourth-order valence-electron chi connectivity index (χ4n) is 3.09. The van der Waals surface area contributed by atoms with Crippen LogP contribution < -0.4 is 10.2 Å². The molecule has 0 spiro atoms. The molecule has 158 valence electrons. The van der Waals surface area contributed by atoms with Gasteiger partial charge in [0, 0.05) is 25.3 Å². The van der Waals surface area contributed by atoms with Crippen molar-refractivity contribution in [2.24, 2.45) is 0 Å². The summed E-state index contributed by atoms with van der Waals surface area (Å²) >= 11 is 6.34. The highest BCUT2D eigenvalue weighted by Crippen LogP contribution is 2.30. The van der Waals surface area contributed by atoms with Crippen LogP contribution >= 0.6 is 11.6 Å². The number of hydrogen-bond donors (Lipinski definition) is 1. The molecule has 10 heteroatoms. The lowest BCUT2D eigenvalue weighted by Gasteiger charge is -2.30. The van der Waals surface area contributed by atoms with Crippen molar-refractivity contribution in [3.05, 3.63) is 23.2 Å². The van der Waals surface area contributed by atoms with Crippen molar-refractivity contribution in [2.75, 3.05) is 43.1 Å². The number of morpholine rings is 1. The van der Waals surface area contributed by atoms with Gasteiger partial charge in [-0.05, 0) is 45.4 Å². The lowest BCUT2D eigenvalue weighted by molar-refractivity contribution is -0.125. The summed E-state index contributed by atoms with van der Waals surface area (Å²) in [6.45, 7) is 7.00. The Hall–Kier alpha value is -2.52. The van der Waals surface area contributed by atoms with Crippen molar-refractivity contribution in [3.8, 4) is 0 Å². The van der Waals surface area contributed by atoms with Crippen LogP contribution in [0.25, 0.3) is 0 Å². The molecule has 2 aliphatic heterocycles. The summed E-state index contributed by atoms with van der Waals surface area (Å²) in [5, 5.41) is 5.69. The zero-order valence-corrected chi connectivity index (χ0v) is 17.5. The number of ether oxygens (including phenoxy) is 2. The molecule has 29 heavy (non-hydrogen) atoms. The van der Waals surface area contributed by atoms with Gasteiger partial charge in [-0.2, -0.15) is 0 Å². The number of carbonyl (C=O) groups is 3. The van der Waals surface area contributed by atoms with E-state index in [-0.39, 0.29) is 12.5 Å². The predicted molar refractivity (Wildman–Crippen MR) is 108 cm³/mol. The molecule has 0 aromatic heterocycles. The molecule has 0 saturated carbocycles. The largest absolute Gasteiger partial charge is 0.442 e. The number of anilines is 2. The average Bonchev–Trinajstić information content (AvgIpc) is 3.11. The van der Waals surface area contributed by atoms with Gasteiger partial charge in [0.15, 0.2) is 0 Å². The maximum atomic E-state index is 12.7. The molecule has 0 aliphatic carbocycles. The molecule has 2 fully saturated rings. The molecule has 2 aliphatic rings. The average molecular weight is 425 g/mol.